The molecule has 7 heteroatoms. The van der Waals surface area contributed by atoms with Gasteiger partial charge in [0.25, 0.3) is 0 Å². The second-order valence-electron chi connectivity index (χ2n) is 22.7. The SMILES string of the molecule is CC1(C)c2c([c-]ccc2F)-c2nccc3cccc1c23.Cc1ccc(C)c(-c2cc[c-]c(-c3ccccn3)c2)c1.[Ir].[Ir].[c-]1ccc(-c2ccc(CCCCCCc3ccc(-c4cc[c-]c(-c5nccc6ccccc56)c4)cc3)cc2)cc1-c1ccccn1. The zero-order valence-corrected chi connectivity index (χ0v) is 54.5. The molecule has 0 spiro atoms. The molecule has 2 radical (unpaired) electrons. The molecule has 4 aromatic heterocycles. The van der Waals surface area contributed by atoms with E-state index in [9.17, 15) is 4.39 Å². The van der Waals surface area contributed by atoms with Gasteiger partial charge in [0.1, 0.15) is 0 Å². The van der Waals surface area contributed by atoms with Crippen LogP contribution in [-0.2, 0) is 58.5 Å². The molecule has 4 nitrogen and oxygen atoms in total. The molecule has 1 aliphatic carbocycles. The average Bonchev–Trinajstić information content (AvgIpc) is 0.980. The van der Waals surface area contributed by atoms with Crippen molar-refractivity contribution in [3.8, 4) is 78.4 Å². The average molecular weight is 1500 g/mol. The molecular formula is C81H65FIr2N4-4. The van der Waals surface area contributed by atoms with Gasteiger partial charge in [-0.3, -0.25) is 0 Å². The molecule has 0 atom stereocenters. The topological polar surface area (TPSA) is 51.6 Å². The molecular weight excluding hydrogens is 1430 g/mol. The van der Waals surface area contributed by atoms with E-state index in [0.717, 1.165) is 79.6 Å². The second kappa shape index (κ2) is 28.9. The van der Waals surface area contributed by atoms with Gasteiger partial charge in [-0.2, -0.15) is 0 Å². The molecule has 9 aromatic carbocycles. The van der Waals surface area contributed by atoms with E-state index in [2.05, 4.69) is 213 Å². The van der Waals surface area contributed by atoms with Crippen LogP contribution >= 0.6 is 0 Å². The number of aryl methyl sites for hydroxylation is 4. The molecule has 0 saturated heterocycles. The maximum absolute atomic E-state index is 14.4. The van der Waals surface area contributed by atoms with E-state index in [1.165, 1.54) is 92.8 Å². The smallest absolute Gasteiger partial charge is 0.0459 e. The first-order valence-electron chi connectivity index (χ1n) is 29.7. The van der Waals surface area contributed by atoms with Crippen LogP contribution in [0.25, 0.3) is 100.0 Å². The Morgan fingerprint density at radius 2 is 0.955 bits per heavy atom. The third-order valence-electron chi connectivity index (χ3n) is 16.4. The fourth-order valence-corrected chi connectivity index (χ4v) is 11.9. The molecule has 1 aliphatic rings. The van der Waals surface area contributed by atoms with Gasteiger partial charge in [0.15, 0.2) is 0 Å². The number of halogens is 1. The third-order valence-corrected chi connectivity index (χ3v) is 16.4. The number of unbranched alkanes of at least 4 members (excludes halogenated alkanes) is 3. The van der Waals surface area contributed by atoms with Crippen LogP contribution in [0.3, 0.4) is 0 Å². The number of fused-ring (bicyclic) bond motifs is 3. The maximum Gasteiger partial charge on any atom is 0.0459 e. The Hall–Kier alpha value is -8.67. The van der Waals surface area contributed by atoms with E-state index in [-0.39, 0.29) is 51.4 Å². The maximum atomic E-state index is 14.4. The van der Waals surface area contributed by atoms with Crippen LogP contribution in [0.1, 0.15) is 72.9 Å². The Morgan fingerprint density at radius 1 is 0.420 bits per heavy atom. The Balaban J connectivity index is 0.000000168. The number of hydrogen-bond acceptors (Lipinski definition) is 4. The van der Waals surface area contributed by atoms with Gasteiger partial charge in [0.05, 0.1) is 0 Å². The molecule has 0 amide bonds. The minimum absolute atomic E-state index is 0. The van der Waals surface area contributed by atoms with Crippen molar-refractivity contribution < 1.29 is 44.6 Å². The molecule has 88 heavy (non-hydrogen) atoms. The fourth-order valence-electron chi connectivity index (χ4n) is 11.9. The predicted octanol–water partition coefficient (Wildman–Crippen LogP) is 20.6. The normalized spacial score (nSPS) is 11.6. The van der Waals surface area contributed by atoms with Crippen molar-refractivity contribution in [2.45, 2.75) is 71.6 Å². The van der Waals surface area contributed by atoms with Gasteiger partial charge in [0.2, 0.25) is 0 Å². The summed E-state index contributed by atoms with van der Waals surface area (Å²) in [5, 5.41) is 4.62. The molecule has 0 unspecified atom stereocenters. The van der Waals surface area contributed by atoms with Crippen LogP contribution in [0.5, 0.6) is 0 Å². The van der Waals surface area contributed by atoms with Crippen molar-refractivity contribution in [3.63, 3.8) is 0 Å². The minimum atomic E-state index is -0.382. The zero-order valence-electron chi connectivity index (χ0n) is 49.7. The summed E-state index contributed by atoms with van der Waals surface area (Å²) in [5.74, 6) is -0.183. The summed E-state index contributed by atoms with van der Waals surface area (Å²) >= 11 is 0. The summed E-state index contributed by atoms with van der Waals surface area (Å²) < 4.78 is 14.4. The van der Waals surface area contributed by atoms with Crippen molar-refractivity contribution in [1.29, 1.82) is 0 Å². The summed E-state index contributed by atoms with van der Waals surface area (Å²) in [6.07, 6.45) is 14.5. The van der Waals surface area contributed by atoms with Crippen LogP contribution in [0.2, 0.25) is 0 Å². The van der Waals surface area contributed by atoms with Crippen LogP contribution in [-0.4, -0.2) is 19.9 Å². The van der Waals surface area contributed by atoms with Gasteiger partial charge in [-0.05, 0) is 152 Å². The second-order valence-corrected chi connectivity index (χ2v) is 22.7. The van der Waals surface area contributed by atoms with E-state index >= 15 is 0 Å². The van der Waals surface area contributed by atoms with E-state index in [4.69, 9.17) is 4.98 Å². The van der Waals surface area contributed by atoms with E-state index in [0.29, 0.717) is 5.56 Å². The van der Waals surface area contributed by atoms with Crippen LogP contribution in [0.4, 0.5) is 4.39 Å². The van der Waals surface area contributed by atoms with Crippen molar-refractivity contribution in [1.82, 2.24) is 19.9 Å². The van der Waals surface area contributed by atoms with Gasteiger partial charge < -0.3 is 19.9 Å². The standard InChI is InChI=1S/C44H36N2.C19H16N.C18H13FN.2Ir/c1(3-11-33-20-24-35(25-21-33)38-14-9-16-40(31-38)43-19-7-8-29-45-43)2-4-12-34-22-26-36(27-23-34)39-15-10-17-41(32-39)44-42-18-6-5-13-37(42)28-30-46-44;1-14-9-10-15(2)18(12-14)16-6-5-7-17(13-16)19-8-3-4-11-20-19;1-18(2)13-7-3-5-11-9-10-20-17(15(11)13)12-6-4-8-14(19)16(12)18;;/h5-10,13-15,18-32H,1-4,11-12H2;3-6,8-13H,1-2H3;3-5,7-10H,1-2H3;;/q-2;2*-1;;. The number of benzene rings is 9. The molecule has 0 saturated carbocycles. The molecule has 0 aliphatic heterocycles. The quantitative estimate of drug-likeness (QED) is 0.0853. The minimum Gasteiger partial charge on any atom is -0.305 e. The fraction of sp³-hybridized carbons (Fsp3) is 0.136. The van der Waals surface area contributed by atoms with Crippen LogP contribution in [0.15, 0.2) is 249 Å². The number of aromatic nitrogens is 4. The number of rotatable bonds is 13. The first-order chi connectivity index (χ1) is 42.1. The Labute approximate surface area is 544 Å². The molecule has 13 aromatic rings. The summed E-state index contributed by atoms with van der Waals surface area (Å²) in [6.45, 7) is 8.39. The van der Waals surface area contributed by atoms with E-state index in [1.807, 2.05) is 85.3 Å². The number of pyridine rings is 4. The van der Waals surface area contributed by atoms with Crippen LogP contribution in [0, 0.1) is 43.9 Å². The number of hydrogen-bond donors (Lipinski definition) is 0. The summed E-state index contributed by atoms with van der Waals surface area (Å²) in [5.41, 5.74) is 21.8. The molecule has 0 fully saturated rings. The van der Waals surface area contributed by atoms with Crippen molar-refractivity contribution in [2.24, 2.45) is 0 Å². The summed E-state index contributed by atoms with van der Waals surface area (Å²) in [6, 6.07) is 90.4. The van der Waals surface area contributed by atoms with E-state index < -0.39 is 0 Å². The predicted molar refractivity (Wildman–Crippen MR) is 353 cm³/mol. The van der Waals surface area contributed by atoms with Crippen molar-refractivity contribution in [3.05, 3.63) is 313 Å². The number of nitrogens with zero attached hydrogens (tertiary/aromatic N) is 4. The van der Waals surface area contributed by atoms with Gasteiger partial charge in [-0.15, -0.1) is 130 Å². The van der Waals surface area contributed by atoms with Crippen molar-refractivity contribution >= 4 is 21.5 Å². The van der Waals surface area contributed by atoms with Gasteiger partial charge in [-0.1, -0.05) is 171 Å². The Morgan fingerprint density at radius 3 is 1.58 bits per heavy atom. The van der Waals surface area contributed by atoms with Gasteiger partial charge >= 0.3 is 0 Å². The van der Waals surface area contributed by atoms with E-state index in [1.54, 1.807) is 12.3 Å². The van der Waals surface area contributed by atoms with Crippen molar-refractivity contribution in [2.75, 3.05) is 0 Å². The molecule has 438 valence electrons. The molecule has 4 heterocycles. The van der Waals surface area contributed by atoms with Gasteiger partial charge in [-0.25, -0.2) is 4.39 Å². The largest absolute Gasteiger partial charge is 0.305 e. The Bertz CT molecular complexity index is 4460. The summed E-state index contributed by atoms with van der Waals surface area (Å²) in [4.78, 5) is 18.0. The monoisotopic (exact) mass is 1500 g/mol. The summed E-state index contributed by atoms with van der Waals surface area (Å²) in [7, 11) is 0. The van der Waals surface area contributed by atoms with Crippen LogP contribution < -0.4 is 0 Å². The first-order valence-corrected chi connectivity index (χ1v) is 29.7. The van der Waals surface area contributed by atoms with Gasteiger partial charge in [0, 0.05) is 70.8 Å². The zero-order chi connectivity index (χ0) is 58.8. The molecule has 0 bridgehead atoms. The first kappa shape index (κ1) is 62.4. The Kier molecular flexibility index (Phi) is 20.5. The molecule has 0 N–H and O–H groups in total. The molecule has 14 rings (SSSR count). The third kappa shape index (κ3) is 14.2.